The molecular formula is C26H31N5O4. The summed E-state index contributed by atoms with van der Waals surface area (Å²) in [6.45, 7) is 7.57. The summed E-state index contributed by atoms with van der Waals surface area (Å²) in [5.74, 6) is -0.112. The van der Waals surface area contributed by atoms with Gasteiger partial charge < -0.3 is 14.0 Å². The average Bonchev–Trinajstić information content (AvgIpc) is 3.36. The van der Waals surface area contributed by atoms with Crippen LogP contribution in [0.15, 0.2) is 35.4 Å². The second-order valence-electron chi connectivity index (χ2n) is 8.87. The number of morpholine rings is 1. The second kappa shape index (κ2) is 10.1. The SMILES string of the molecule is CCCN(c1ncc2c(=O)c(C(=O)OCC)cn(-c3ccc4c(c3)CCC4)c2n1)N1CCOCC1. The smallest absolute Gasteiger partial charge is 0.343 e. The normalized spacial score (nSPS) is 15.8. The maximum atomic E-state index is 13.3. The van der Waals surface area contributed by atoms with E-state index in [1.807, 2.05) is 10.6 Å². The van der Waals surface area contributed by atoms with Gasteiger partial charge in [0, 0.05) is 37.7 Å². The minimum atomic E-state index is -0.640. The van der Waals surface area contributed by atoms with Crippen LogP contribution in [0.3, 0.4) is 0 Å². The van der Waals surface area contributed by atoms with Crippen molar-refractivity contribution in [2.75, 3.05) is 44.5 Å². The van der Waals surface area contributed by atoms with Crippen LogP contribution in [0.1, 0.15) is 48.2 Å². The van der Waals surface area contributed by atoms with Gasteiger partial charge in [0.2, 0.25) is 11.4 Å². The third kappa shape index (κ3) is 4.53. The summed E-state index contributed by atoms with van der Waals surface area (Å²) >= 11 is 0. The Labute approximate surface area is 204 Å². The Balaban J connectivity index is 1.69. The molecule has 0 spiro atoms. The van der Waals surface area contributed by atoms with Gasteiger partial charge in [0.05, 0.1) is 25.2 Å². The molecule has 5 rings (SSSR count). The van der Waals surface area contributed by atoms with Gasteiger partial charge in [-0.1, -0.05) is 13.0 Å². The quantitative estimate of drug-likeness (QED) is 0.480. The molecule has 1 fully saturated rings. The standard InChI is InChI=1S/C26H31N5O4/c1-3-10-31(29-11-13-34-14-12-29)26-27-16-21-23(32)22(25(33)35-4-2)17-30(24(21)28-26)20-9-8-18-6-5-7-19(18)15-20/h8-9,15-17H,3-7,10-14H2,1-2H3. The van der Waals surface area contributed by atoms with Crippen LogP contribution >= 0.6 is 0 Å². The van der Waals surface area contributed by atoms with E-state index in [1.165, 1.54) is 17.3 Å². The fourth-order valence-corrected chi connectivity index (χ4v) is 4.86. The van der Waals surface area contributed by atoms with Crippen molar-refractivity contribution in [3.05, 3.63) is 57.5 Å². The lowest BCUT2D eigenvalue weighted by Gasteiger charge is -2.37. The van der Waals surface area contributed by atoms with E-state index in [2.05, 4.69) is 34.1 Å². The average molecular weight is 478 g/mol. The number of hydrogen-bond donors (Lipinski definition) is 0. The van der Waals surface area contributed by atoms with Crippen molar-refractivity contribution in [2.24, 2.45) is 0 Å². The minimum Gasteiger partial charge on any atom is -0.462 e. The predicted molar refractivity (Wildman–Crippen MR) is 133 cm³/mol. The van der Waals surface area contributed by atoms with Crippen LogP contribution in [0, 0.1) is 0 Å². The Morgan fingerprint density at radius 2 is 1.97 bits per heavy atom. The number of aromatic nitrogens is 3. The van der Waals surface area contributed by atoms with E-state index in [0.717, 1.165) is 51.0 Å². The van der Waals surface area contributed by atoms with Gasteiger partial charge in [0.1, 0.15) is 5.56 Å². The van der Waals surface area contributed by atoms with Gasteiger partial charge >= 0.3 is 5.97 Å². The highest BCUT2D eigenvalue weighted by Gasteiger charge is 2.24. The van der Waals surface area contributed by atoms with Gasteiger partial charge in [-0.2, -0.15) is 4.98 Å². The van der Waals surface area contributed by atoms with Crippen molar-refractivity contribution in [2.45, 2.75) is 39.5 Å². The summed E-state index contributed by atoms with van der Waals surface area (Å²) < 4.78 is 12.5. The lowest BCUT2D eigenvalue weighted by Crippen LogP contribution is -2.50. The van der Waals surface area contributed by atoms with Crippen LogP contribution in [0.2, 0.25) is 0 Å². The number of aryl methyl sites for hydroxylation is 2. The highest BCUT2D eigenvalue weighted by Crippen LogP contribution is 2.26. The van der Waals surface area contributed by atoms with E-state index in [4.69, 9.17) is 14.5 Å². The number of carbonyl (C=O) groups is 1. The van der Waals surface area contributed by atoms with Crippen LogP contribution in [-0.2, 0) is 22.3 Å². The van der Waals surface area contributed by atoms with Crippen molar-refractivity contribution in [3.63, 3.8) is 0 Å². The van der Waals surface area contributed by atoms with Gasteiger partial charge in [-0.25, -0.2) is 14.8 Å². The molecule has 0 unspecified atom stereocenters. The molecule has 35 heavy (non-hydrogen) atoms. The first kappa shape index (κ1) is 23.4. The number of fused-ring (bicyclic) bond motifs is 2. The molecule has 0 N–H and O–H groups in total. The zero-order chi connectivity index (χ0) is 24.4. The number of anilines is 1. The molecule has 184 valence electrons. The molecule has 2 aliphatic rings. The van der Waals surface area contributed by atoms with E-state index in [-0.39, 0.29) is 12.2 Å². The molecule has 1 aliphatic carbocycles. The van der Waals surface area contributed by atoms with Gasteiger partial charge in [0.25, 0.3) is 0 Å². The van der Waals surface area contributed by atoms with E-state index >= 15 is 0 Å². The van der Waals surface area contributed by atoms with Crippen LogP contribution in [-0.4, -0.2) is 65.0 Å². The Kier molecular flexibility index (Phi) is 6.79. The Morgan fingerprint density at radius 1 is 1.17 bits per heavy atom. The molecule has 3 heterocycles. The third-order valence-corrected chi connectivity index (χ3v) is 6.58. The van der Waals surface area contributed by atoms with Crippen LogP contribution in [0.25, 0.3) is 16.7 Å². The van der Waals surface area contributed by atoms with Crippen molar-refractivity contribution in [3.8, 4) is 5.69 Å². The monoisotopic (exact) mass is 477 g/mol. The van der Waals surface area contributed by atoms with Gasteiger partial charge in [-0.3, -0.25) is 9.80 Å². The number of esters is 1. The van der Waals surface area contributed by atoms with Crippen molar-refractivity contribution < 1.29 is 14.3 Å². The molecule has 1 aromatic carbocycles. The number of pyridine rings is 1. The highest BCUT2D eigenvalue weighted by atomic mass is 16.5. The van der Waals surface area contributed by atoms with Gasteiger partial charge in [-0.15, -0.1) is 0 Å². The first-order valence-corrected chi connectivity index (χ1v) is 12.4. The molecule has 1 aliphatic heterocycles. The summed E-state index contributed by atoms with van der Waals surface area (Å²) in [7, 11) is 0. The van der Waals surface area contributed by atoms with Gasteiger partial charge in [-0.05, 0) is 55.9 Å². The zero-order valence-corrected chi connectivity index (χ0v) is 20.3. The van der Waals surface area contributed by atoms with Gasteiger partial charge in [0.15, 0.2) is 5.65 Å². The summed E-state index contributed by atoms with van der Waals surface area (Å²) in [5.41, 5.74) is 3.54. The van der Waals surface area contributed by atoms with Crippen LogP contribution in [0.5, 0.6) is 0 Å². The lowest BCUT2D eigenvalue weighted by molar-refractivity contribution is 0.0308. The fraction of sp³-hybridized carbons (Fsp3) is 0.462. The number of ether oxygens (including phenoxy) is 2. The largest absolute Gasteiger partial charge is 0.462 e. The number of carbonyl (C=O) groups excluding carboxylic acids is 1. The Morgan fingerprint density at radius 3 is 2.74 bits per heavy atom. The van der Waals surface area contributed by atoms with E-state index in [1.54, 1.807) is 13.1 Å². The molecule has 2 aromatic heterocycles. The molecule has 0 amide bonds. The van der Waals surface area contributed by atoms with E-state index in [9.17, 15) is 9.59 Å². The zero-order valence-electron chi connectivity index (χ0n) is 20.3. The van der Waals surface area contributed by atoms with Crippen LogP contribution in [0.4, 0.5) is 5.95 Å². The third-order valence-electron chi connectivity index (χ3n) is 6.58. The number of rotatable bonds is 7. The molecule has 1 saturated heterocycles. The second-order valence-corrected chi connectivity index (χ2v) is 8.87. The summed E-state index contributed by atoms with van der Waals surface area (Å²) in [6, 6.07) is 6.29. The van der Waals surface area contributed by atoms with Crippen molar-refractivity contribution in [1.29, 1.82) is 0 Å². The first-order chi connectivity index (χ1) is 17.1. The maximum absolute atomic E-state index is 13.3. The molecule has 3 aromatic rings. The molecule has 9 nitrogen and oxygen atoms in total. The molecule has 0 radical (unpaired) electrons. The maximum Gasteiger partial charge on any atom is 0.343 e. The fourth-order valence-electron chi connectivity index (χ4n) is 4.86. The number of nitrogens with zero attached hydrogens (tertiary/aromatic N) is 5. The summed E-state index contributed by atoms with van der Waals surface area (Å²) in [6.07, 6.45) is 7.25. The number of hydrogen-bond acceptors (Lipinski definition) is 8. The topological polar surface area (TPSA) is 89.8 Å². The molecule has 0 bridgehead atoms. The number of hydrazine groups is 1. The molecule has 0 atom stereocenters. The van der Waals surface area contributed by atoms with Crippen LogP contribution < -0.4 is 10.4 Å². The Bertz CT molecular complexity index is 1300. The Hall–Kier alpha value is -3.30. The minimum absolute atomic E-state index is 0.0187. The van der Waals surface area contributed by atoms with E-state index in [0.29, 0.717) is 30.2 Å². The summed E-state index contributed by atoms with van der Waals surface area (Å²) in [4.78, 5) is 35.4. The molecular weight excluding hydrogens is 446 g/mol. The predicted octanol–water partition coefficient (Wildman–Crippen LogP) is 2.91. The lowest BCUT2D eigenvalue weighted by atomic mass is 10.1. The molecule has 9 heteroatoms. The highest BCUT2D eigenvalue weighted by molar-refractivity contribution is 5.93. The van der Waals surface area contributed by atoms with E-state index < -0.39 is 11.4 Å². The van der Waals surface area contributed by atoms with Crippen molar-refractivity contribution in [1.82, 2.24) is 19.5 Å². The number of benzene rings is 1. The van der Waals surface area contributed by atoms with Crippen molar-refractivity contribution >= 4 is 23.0 Å². The molecule has 0 saturated carbocycles. The summed E-state index contributed by atoms with van der Waals surface area (Å²) in [5, 5.41) is 4.55. The first-order valence-electron chi connectivity index (χ1n) is 12.4.